The second-order valence-corrected chi connectivity index (χ2v) is 7.09. The lowest BCUT2D eigenvalue weighted by atomic mass is 10.1. The van der Waals surface area contributed by atoms with Crippen LogP contribution < -0.4 is 5.32 Å². The first-order valence-electron chi connectivity index (χ1n) is 8.13. The Bertz CT molecular complexity index is 554. The number of nitrogens with zero attached hydrogens (tertiary/aromatic N) is 3. The third-order valence-electron chi connectivity index (χ3n) is 4.90. The molecule has 0 saturated carbocycles. The highest BCUT2D eigenvalue weighted by atomic mass is 32.1. The molecule has 1 N–H and O–H groups in total. The van der Waals surface area contributed by atoms with E-state index in [1.54, 1.807) is 23.3 Å². The van der Waals surface area contributed by atoms with Crippen molar-refractivity contribution in [1.82, 2.24) is 20.0 Å². The number of hydrogen-bond acceptors (Lipinski definition) is 4. The van der Waals surface area contributed by atoms with Crippen molar-refractivity contribution in [3.8, 4) is 0 Å². The van der Waals surface area contributed by atoms with Crippen LogP contribution in [0.2, 0.25) is 0 Å². The van der Waals surface area contributed by atoms with Crippen molar-refractivity contribution in [2.24, 2.45) is 0 Å². The minimum Gasteiger partial charge on any atom is -0.344 e. The summed E-state index contributed by atoms with van der Waals surface area (Å²) in [6.45, 7) is 6.07. The first-order valence-corrected chi connectivity index (χ1v) is 9.07. The monoisotopic (exact) mass is 336 g/mol. The van der Waals surface area contributed by atoms with Crippen molar-refractivity contribution in [3.63, 3.8) is 0 Å². The van der Waals surface area contributed by atoms with Crippen molar-refractivity contribution in [1.29, 1.82) is 0 Å². The predicted molar refractivity (Wildman–Crippen MR) is 90.5 cm³/mol. The van der Waals surface area contributed by atoms with Gasteiger partial charge < -0.3 is 15.1 Å². The van der Waals surface area contributed by atoms with Gasteiger partial charge in [0.1, 0.15) is 6.04 Å². The molecule has 2 saturated heterocycles. The molecule has 1 aromatic rings. The van der Waals surface area contributed by atoms with E-state index in [4.69, 9.17) is 0 Å². The normalized spacial score (nSPS) is 24.1. The number of amides is 3. The van der Waals surface area contributed by atoms with E-state index >= 15 is 0 Å². The number of hydrogen-bond donors (Lipinski definition) is 1. The number of carbonyl (C=O) groups is 2. The van der Waals surface area contributed by atoms with E-state index in [1.165, 1.54) is 5.56 Å². The first kappa shape index (κ1) is 16.3. The van der Waals surface area contributed by atoms with Gasteiger partial charge in [0.05, 0.1) is 0 Å². The summed E-state index contributed by atoms with van der Waals surface area (Å²) < 4.78 is 0. The van der Waals surface area contributed by atoms with Crippen molar-refractivity contribution < 1.29 is 9.59 Å². The molecular formula is C16H24N4O2S. The molecule has 0 unspecified atom stereocenters. The van der Waals surface area contributed by atoms with E-state index in [-0.39, 0.29) is 18.0 Å². The fraction of sp³-hybridized carbons (Fsp3) is 0.625. The lowest BCUT2D eigenvalue weighted by Gasteiger charge is -2.38. The Labute approximate surface area is 141 Å². The minimum atomic E-state index is -0.352. The molecule has 0 aromatic carbocycles. The largest absolute Gasteiger partial charge is 0.344 e. The van der Waals surface area contributed by atoms with E-state index in [2.05, 4.69) is 34.0 Å². The van der Waals surface area contributed by atoms with Crippen molar-refractivity contribution in [2.45, 2.75) is 25.4 Å². The number of nitrogens with one attached hydrogen (secondary N) is 1. The lowest BCUT2D eigenvalue weighted by Crippen LogP contribution is -2.54. The van der Waals surface area contributed by atoms with Gasteiger partial charge in [-0.2, -0.15) is 11.3 Å². The van der Waals surface area contributed by atoms with Gasteiger partial charge in [0.25, 0.3) is 0 Å². The molecule has 0 spiro atoms. The Hall–Kier alpha value is -1.60. The van der Waals surface area contributed by atoms with Gasteiger partial charge in [-0.1, -0.05) is 0 Å². The molecule has 3 rings (SSSR count). The molecule has 2 fully saturated rings. The molecule has 23 heavy (non-hydrogen) atoms. The maximum absolute atomic E-state index is 12.3. The Morgan fingerprint density at radius 3 is 2.61 bits per heavy atom. The molecule has 1 aromatic heterocycles. The zero-order valence-corrected chi connectivity index (χ0v) is 14.5. The smallest absolute Gasteiger partial charge is 0.318 e. The summed E-state index contributed by atoms with van der Waals surface area (Å²) >= 11 is 1.72. The van der Waals surface area contributed by atoms with Crippen LogP contribution in [0.4, 0.5) is 4.79 Å². The van der Waals surface area contributed by atoms with Crippen LogP contribution in [0.5, 0.6) is 0 Å². The van der Waals surface area contributed by atoms with Gasteiger partial charge in [-0.05, 0) is 35.7 Å². The molecule has 126 valence electrons. The predicted octanol–water partition coefficient (Wildman–Crippen LogP) is 1.37. The number of rotatable bonds is 3. The average Bonchev–Trinajstić information content (AvgIpc) is 3.20. The average molecular weight is 336 g/mol. The Kier molecular flexibility index (Phi) is 4.87. The van der Waals surface area contributed by atoms with E-state index in [9.17, 15) is 9.59 Å². The molecule has 6 nitrogen and oxygen atoms in total. The van der Waals surface area contributed by atoms with Crippen molar-refractivity contribution >= 4 is 23.3 Å². The van der Waals surface area contributed by atoms with Crippen LogP contribution in [0.1, 0.15) is 24.9 Å². The van der Waals surface area contributed by atoms with Crippen LogP contribution in [0.25, 0.3) is 0 Å². The summed E-state index contributed by atoms with van der Waals surface area (Å²) in [6, 6.07) is 2.09. The quantitative estimate of drug-likeness (QED) is 0.907. The highest BCUT2D eigenvalue weighted by Crippen LogP contribution is 2.23. The zero-order valence-electron chi connectivity index (χ0n) is 13.7. The standard InChI is InChI=1S/C16H24N4O2S/c1-12(13-4-10-23-11-13)19-6-8-20(9-7-19)16(22)17-14-3-5-18(2)15(14)21/h4,10-12,14H,3,5-9H2,1-2H3,(H,17,22)/t12-,14-/m0/s1. The van der Waals surface area contributed by atoms with Crippen molar-refractivity contribution in [2.75, 3.05) is 39.8 Å². The van der Waals surface area contributed by atoms with E-state index in [0.717, 1.165) is 19.6 Å². The molecule has 7 heteroatoms. The molecule has 2 aliphatic rings. The summed E-state index contributed by atoms with van der Waals surface area (Å²) in [5.41, 5.74) is 1.34. The van der Waals surface area contributed by atoms with E-state index < -0.39 is 0 Å². The SMILES string of the molecule is C[C@@H](c1ccsc1)N1CCN(C(=O)N[C@H]2CCN(C)C2=O)CC1. The summed E-state index contributed by atoms with van der Waals surface area (Å²) in [5.74, 6) is 0.0167. The minimum absolute atomic E-state index is 0.0167. The Morgan fingerprint density at radius 1 is 1.30 bits per heavy atom. The molecule has 0 bridgehead atoms. The van der Waals surface area contributed by atoms with Gasteiger partial charge in [0, 0.05) is 45.8 Å². The van der Waals surface area contributed by atoms with Gasteiger partial charge in [0.2, 0.25) is 5.91 Å². The summed E-state index contributed by atoms with van der Waals surface area (Å²) in [6.07, 6.45) is 0.705. The first-order chi connectivity index (χ1) is 11.1. The highest BCUT2D eigenvalue weighted by molar-refractivity contribution is 7.07. The number of urea groups is 1. The molecule has 3 amide bonds. The Morgan fingerprint density at radius 2 is 2.04 bits per heavy atom. The number of piperazine rings is 1. The third-order valence-corrected chi connectivity index (χ3v) is 5.60. The van der Waals surface area contributed by atoms with Crippen molar-refractivity contribution in [3.05, 3.63) is 22.4 Å². The highest BCUT2D eigenvalue weighted by Gasteiger charge is 2.32. The third kappa shape index (κ3) is 3.50. The topological polar surface area (TPSA) is 55.9 Å². The fourth-order valence-electron chi connectivity index (χ4n) is 3.23. The second kappa shape index (κ2) is 6.88. The zero-order chi connectivity index (χ0) is 16.4. The Balaban J connectivity index is 1.49. The van der Waals surface area contributed by atoms with Crippen LogP contribution >= 0.6 is 11.3 Å². The van der Waals surface area contributed by atoms with Gasteiger partial charge in [-0.15, -0.1) is 0 Å². The molecule has 2 atom stereocenters. The van der Waals surface area contributed by atoms with Gasteiger partial charge in [-0.3, -0.25) is 9.69 Å². The lowest BCUT2D eigenvalue weighted by molar-refractivity contribution is -0.128. The van der Waals surface area contributed by atoms with Crippen LogP contribution in [-0.4, -0.2) is 72.5 Å². The molecule has 3 heterocycles. The molecule has 2 aliphatic heterocycles. The molecule has 0 aliphatic carbocycles. The van der Waals surface area contributed by atoms with Gasteiger partial charge >= 0.3 is 6.03 Å². The molecule has 0 radical (unpaired) electrons. The summed E-state index contributed by atoms with van der Waals surface area (Å²) in [5, 5.41) is 7.17. The maximum atomic E-state index is 12.3. The number of thiophene rings is 1. The van der Waals surface area contributed by atoms with Crippen LogP contribution in [0, 0.1) is 0 Å². The van der Waals surface area contributed by atoms with Crippen LogP contribution in [0.3, 0.4) is 0 Å². The molecular weight excluding hydrogens is 312 g/mol. The van der Waals surface area contributed by atoms with E-state index in [0.29, 0.717) is 25.6 Å². The number of carbonyl (C=O) groups excluding carboxylic acids is 2. The summed E-state index contributed by atoms with van der Waals surface area (Å²) in [7, 11) is 1.78. The summed E-state index contributed by atoms with van der Waals surface area (Å²) in [4.78, 5) is 30.1. The van der Waals surface area contributed by atoms with Gasteiger partial charge in [0.15, 0.2) is 0 Å². The van der Waals surface area contributed by atoms with Crippen LogP contribution in [-0.2, 0) is 4.79 Å². The fourth-order valence-corrected chi connectivity index (χ4v) is 3.98. The number of likely N-dealkylation sites (N-methyl/N-ethyl adjacent to an activating group) is 1. The number of likely N-dealkylation sites (tertiary alicyclic amines) is 1. The van der Waals surface area contributed by atoms with Crippen LogP contribution in [0.15, 0.2) is 16.8 Å². The maximum Gasteiger partial charge on any atom is 0.318 e. The van der Waals surface area contributed by atoms with Gasteiger partial charge in [-0.25, -0.2) is 4.79 Å². The second-order valence-electron chi connectivity index (χ2n) is 6.31. The van der Waals surface area contributed by atoms with E-state index in [1.807, 2.05) is 4.90 Å².